The van der Waals surface area contributed by atoms with Gasteiger partial charge in [0.2, 0.25) is 5.95 Å². The predicted octanol–water partition coefficient (Wildman–Crippen LogP) is 6.44. The molecule has 1 aliphatic rings. The van der Waals surface area contributed by atoms with Gasteiger partial charge in [0.1, 0.15) is 17.0 Å². The Bertz CT molecular complexity index is 1380. The molecule has 4 rings (SSSR count). The fraction of sp³-hybridized carbons (Fsp3) is 0.448. The second-order valence-corrected chi connectivity index (χ2v) is 11.7. The summed E-state index contributed by atoms with van der Waals surface area (Å²) in [6, 6.07) is 3.36. The number of carbonyl (C=O) groups is 1. The number of rotatable bonds is 10. The van der Waals surface area contributed by atoms with Crippen molar-refractivity contribution in [1.82, 2.24) is 15.0 Å². The lowest BCUT2D eigenvalue weighted by atomic mass is 9.90. The molecule has 0 amide bonds. The molecule has 9 nitrogen and oxygen atoms in total. The Morgan fingerprint density at radius 3 is 2.50 bits per heavy atom. The third kappa shape index (κ3) is 6.77. The molecule has 1 fully saturated rings. The number of pyridine rings is 1. The van der Waals surface area contributed by atoms with Crippen molar-refractivity contribution in [2.24, 2.45) is 11.3 Å². The monoisotopic (exact) mass is 587 g/mol. The van der Waals surface area contributed by atoms with Crippen LogP contribution in [0, 0.1) is 11.3 Å². The smallest absolute Gasteiger partial charge is 0.223 e. The SMILES string of the molecule is C=CC(=O)C[C@H]1CCOC[C@H]1Nc1ncc2cc(-c3c(Cl)c(OC)cc(OC)c3Cl)nc(NCC(C)(C)C)c2n1. The highest BCUT2D eigenvalue weighted by atomic mass is 35.5. The normalized spacial score (nSPS) is 17.4. The van der Waals surface area contributed by atoms with Gasteiger partial charge in [0.25, 0.3) is 0 Å². The van der Waals surface area contributed by atoms with E-state index >= 15 is 0 Å². The average molecular weight is 589 g/mol. The van der Waals surface area contributed by atoms with E-state index in [1.165, 1.54) is 20.3 Å². The highest BCUT2D eigenvalue weighted by molar-refractivity contribution is 6.41. The van der Waals surface area contributed by atoms with Gasteiger partial charge in [0.15, 0.2) is 11.6 Å². The number of nitrogens with zero attached hydrogens (tertiary/aromatic N) is 3. The molecule has 2 aromatic heterocycles. The van der Waals surface area contributed by atoms with Crippen LogP contribution in [0.3, 0.4) is 0 Å². The van der Waals surface area contributed by atoms with E-state index in [0.717, 1.165) is 11.8 Å². The molecule has 0 unspecified atom stereocenters. The van der Waals surface area contributed by atoms with Gasteiger partial charge in [0, 0.05) is 42.8 Å². The average Bonchev–Trinajstić information content (AvgIpc) is 2.92. The molecule has 0 saturated carbocycles. The Morgan fingerprint density at radius 2 is 1.88 bits per heavy atom. The molecular formula is C29H35Cl2N5O4. The first-order chi connectivity index (χ1) is 19.0. The molecule has 1 saturated heterocycles. The minimum absolute atomic E-state index is 0.00928. The number of ketones is 1. The van der Waals surface area contributed by atoms with Gasteiger partial charge in [-0.1, -0.05) is 50.6 Å². The van der Waals surface area contributed by atoms with Crippen LogP contribution in [-0.2, 0) is 9.53 Å². The van der Waals surface area contributed by atoms with Crippen LogP contribution in [0.25, 0.3) is 22.2 Å². The number of carbonyl (C=O) groups excluding carboxylic acids is 1. The Labute approximate surface area is 244 Å². The molecule has 11 heteroatoms. The molecule has 0 bridgehead atoms. The zero-order chi connectivity index (χ0) is 29.0. The van der Waals surface area contributed by atoms with Crippen LogP contribution < -0.4 is 20.1 Å². The number of anilines is 2. The van der Waals surface area contributed by atoms with Crippen LogP contribution in [0.4, 0.5) is 11.8 Å². The van der Waals surface area contributed by atoms with Crippen LogP contribution in [0.5, 0.6) is 11.5 Å². The maximum Gasteiger partial charge on any atom is 0.223 e. The van der Waals surface area contributed by atoms with E-state index in [1.54, 1.807) is 12.3 Å². The summed E-state index contributed by atoms with van der Waals surface area (Å²) in [7, 11) is 3.06. The fourth-order valence-electron chi connectivity index (χ4n) is 4.51. The summed E-state index contributed by atoms with van der Waals surface area (Å²) < 4.78 is 16.6. The number of fused-ring (bicyclic) bond motifs is 1. The van der Waals surface area contributed by atoms with Crippen molar-refractivity contribution in [1.29, 1.82) is 0 Å². The minimum Gasteiger partial charge on any atom is -0.495 e. The first kappa shape index (κ1) is 29.8. The molecule has 1 aliphatic heterocycles. The summed E-state index contributed by atoms with van der Waals surface area (Å²) in [4.78, 5) is 26.4. The number of methoxy groups -OCH3 is 2. The molecule has 214 valence electrons. The van der Waals surface area contributed by atoms with Crippen molar-refractivity contribution < 1.29 is 19.0 Å². The lowest BCUT2D eigenvalue weighted by Crippen LogP contribution is -2.40. The van der Waals surface area contributed by atoms with Gasteiger partial charge in [-0.3, -0.25) is 4.79 Å². The third-order valence-corrected chi connectivity index (χ3v) is 7.44. The van der Waals surface area contributed by atoms with E-state index in [2.05, 4.69) is 43.0 Å². The second-order valence-electron chi connectivity index (χ2n) is 10.9. The fourth-order valence-corrected chi connectivity index (χ4v) is 5.21. The van der Waals surface area contributed by atoms with Gasteiger partial charge in [-0.25, -0.2) is 15.0 Å². The van der Waals surface area contributed by atoms with Crippen molar-refractivity contribution >= 4 is 51.7 Å². The van der Waals surface area contributed by atoms with Crippen molar-refractivity contribution in [2.45, 2.75) is 39.7 Å². The van der Waals surface area contributed by atoms with Gasteiger partial charge >= 0.3 is 0 Å². The molecular weight excluding hydrogens is 553 g/mol. The second kappa shape index (κ2) is 12.6. The lowest BCUT2D eigenvalue weighted by molar-refractivity contribution is -0.116. The van der Waals surface area contributed by atoms with Crippen LogP contribution in [0.15, 0.2) is 31.0 Å². The number of halogens is 2. The Kier molecular flexibility index (Phi) is 9.38. The van der Waals surface area contributed by atoms with Crippen LogP contribution in [0.2, 0.25) is 10.0 Å². The van der Waals surface area contributed by atoms with Crippen molar-refractivity contribution in [3.63, 3.8) is 0 Å². The highest BCUT2D eigenvalue weighted by Crippen LogP contribution is 2.46. The van der Waals surface area contributed by atoms with E-state index in [1.807, 2.05) is 6.07 Å². The molecule has 40 heavy (non-hydrogen) atoms. The summed E-state index contributed by atoms with van der Waals surface area (Å²) in [5.74, 6) is 1.91. The van der Waals surface area contributed by atoms with Gasteiger partial charge in [-0.2, -0.15) is 0 Å². The van der Waals surface area contributed by atoms with Gasteiger partial charge < -0.3 is 24.8 Å². The van der Waals surface area contributed by atoms with E-state index < -0.39 is 0 Å². The predicted molar refractivity (Wildman–Crippen MR) is 160 cm³/mol. The maximum absolute atomic E-state index is 12.1. The molecule has 3 aromatic rings. The third-order valence-electron chi connectivity index (χ3n) is 6.69. The first-order valence-electron chi connectivity index (χ1n) is 13.1. The van der Waals surface area contributed by atoms with E-state index in [-0.39, 0.29) is 23.2 Å². The standard InChI is InChI=1S/C29H35Cl2N5O4/c1-7-18(37)10-16-8-9-40-14-20(16)35-28-32-13-17-11-19(34-27(26(17)36-28)33-15-29(2,3)4)23-24(30)21(38-5)12-22(39-6)25(23)31/h7,11-13,16,20H,1,8-10,14-15H2,2-6H3,(H,33,34)(H,32,35,36)/t16-,20-/m1/s1. The number of aromatic nitrogens is 3. The Hall–Kier alpha value is -3.14. The molecule has 1 aromatic carbocycles. The molecule has 3 heterocycles. The number of ether oxygens (including phenoxy) is 3. The van der Waals surface area contributed by atoms with Crippen LogP contribution in [0.1, 0.15) is 33.6 Å². The summed E-state index contributed by atoms with van der Waals surface area (Å²) in [5, 5.41) is 8.20. The minimum atomic E-state index is -0.116. The van der Waals surface area contributed by atoms with Crippen molar-refractivity contribution in [2.75, 3.05) is 44.6 Å². The quantitative estimate of drug-likeness (QED) is 0.259. The molecule has 2 atom stereocenters. The van der Waals surface area contributed by atoms with Crippen molar-refractivity contribution in [3.8, 4) is 22.8 Å². The number of hydrogen-bond acceptors (Lipinski definition) is 9. The molecule has 2 N–H and O–H groups in total. The topological polar surface area (TPSA) is 107 Å². The Balaban J connectivity index is 1.79. The van der Waals surface area contributed by atoms with Gasteiger partial charge in [-0.05, 0) is 29.9 Å². The number of nitrogens with one attached hydrogen (secondary N) is 2. The van der Waals surface area contributed by atoms with E-state index in [4.69, 9.17) is 47.4 Å². The largest absolute Gasteiger partial charge is 0.495 e. The summed E-state index contributed by atoms with van der Waals surface area (Å²) >= 11 is 13.4. The van der Waals surface area contributed by atoms with Crippen molar-refractivity contribution in [3.05, 3.63) is 41.0 Å². The maximum atomic E-state index is 12.1. The number of allylic oxidation sites excluding steroid dienone is 1. The van der Waals surface area contributed by atoms with Gasteiger partial charge in [0.05, 0.1) is 42.6 Å². The summed E-state index contributed by atoms with van der Waals surface area (Å²) in [5.41, 5.74) is 1.60. The van der Waals surface area contributed by atoms with Gasteiger partial charge in [-0.15, -0.1) is 0 Å². The lowest BCUT2D eigenvalue weighted by Gasteiger charge is -2.31. The van der Waals surface area contributed by atoms with E-state index in [0.29, 0.717) is 76.3 Å². The molecule has 0 aliphatic carbocycles. The first-order valence-corrected chi connectivity index (χ1v) is 13.8. The van der Waals surface area contributed by atoms with Crippen LogP contribution >= 0.6 is 23.2 Å². The number of hydrogen-bond donors (Lipinski definition) is 2. The summed E-state index contributed by atoms with van der Waals surface area (Å²) in [6.07, 6.45) is 4.25. The van der Waals surface area contributed by atoms with E-state index in [9.17, 15) is 4.79 Å². The number of benzene rings is 1. The zero-order valence-electron chi connectivity index (χ0n) is 23.4. The zero-order valence-corrected chi connectivity index (χ0v) is 24.9. The van der Waals surface area contributed by atoms with Crippen LogP contribution in [-0.4, -0.2) is 60.8 Å². The summed E-state index contributed by atoms with van der Waals surface area (Å²) in [6.45, 7) is 11.7. The molecule has 0 spiro atoms. The molecule has 0 radical (unpaired) electrons. The Morgan fingerprint density at radius 1 is 1.18 bits per heavy atom. The highest BCUT2D eigenvalue weighted by Gasteiger charge is 2.28.